The Morgan fingerprint density at radius 2 is 1.31 bits per heavy atom. The molecule has 0 spiro atoms. The molecule has 2 aromatic carbocycles. The number of phenols is 2. The molecule has 2 fully saturated rings. The number of carbonyl (C=O) groups excluding carboxylic acids is 2. The van der Waals surface area contributed by atoms with Crippen molar-refractivity contribution < 1.29 is 74.5 Å². The van der Waals surface area contributed by atoms with Crippen molar-refractivity contribution in [2.45, 2.75) is 68.3 Å². The molecule has 2 aromatic rings. The zero-order valence-electron chi connectivity index (χ0n) is 22.0. The number of hydrogen-bond acceptors (Lipinski definition) is 15. The molecule has 0 amide bonds. The van der Waals surface area contributed by atoms with Crippen molar-refractivity contribution in [1.29, 1.82) is 0 Å². The summed E-state index contributed by atoms with van der Waals surface area (Å²) in [6.45, 7) is 0.0133. The molecular weight excluding hydrogens is 564 g/mol. The molecule has 228 valence electrons. The Morgan fingerprint density at radius 3 is 1.95 bits per heavy atom. The van der Waals surface area contributed by atoms with Gasteiger partial charge in [-0.25, -0.2) is 0 Å². The van der Waals surface area contributed by atoms with Gasteiger partial charge in [-0.1, -0.05) is 0 Å². The maximum atomic E-state index is 13.6. The number of rotatable bonds is 6. The van der Waals surface area contributed by atoms with Gasteiger partial charge in [-0.15, -0.1) is 0 Å². The summed E-state index contributed by atoms with van der Waals surface area (Å²) in [4.78, 5) is 26.9. The molecule has 10 atom stereocenters. The van der Waals surface area contributed by atoms with Gasteiger partial charge in [0.1, 0.15) is 60.0 Å². The monoisotopic (exact) mass is 594 g/mol. The zero-order valence-corrected chi connectivity index (χ0v) is 22.0. The third-order valence-corrected chi connectivity index (χ3v) is 7.50. The van der Waals surface area contributed by atoms with E-state index >= 15 is 0 Å². The molecule has 0 aromatic heterocycles. The molecule has 42 heavy (non-hydrogen) atoms. The summed E-state index contributed by atoms with van der Waals surface area (Å²) >= 11 is 0. The van der Waals surface area contributed by atoms with Crippen LogP contribution in [0.5, 0.6) is 17.2 Å². The van der Waals surface area contributed by atoms with Crippen LogP contribution in [0.15, 0.2) is 24.3 Å². The summed E-state index contributed by atoms with van der Waals surface area (Å²) in [5.74, 6) is -2.91. The summed E-state index contributed by atoms with van der Waals surface area (Å²) in [6.07, 6.45) is -17.2. The van der Waals surface area contributed by atoms with Crippen LogP contribution in [0.4, 0.5) is 0 Å². The average Bonchev–Trinajstić information content (AvgIpc) is 2.94. The lowest BCUT2D eigenvalue weighted by Crippen LogP contribution is -2.65. The van der Waals surface area contributed by atoms with E-state index in [1.165, 1.54) is 12.1 Å². The quantitative estimate of drug-likeness (QED) is 0.140. The molecule has 2 aliphatic heterocycles. The number of ether oxygens (including phenoxy) is 4. The molecule has 1 aliphatic carbocycles. The zero-order chi connectivity index (χ0) is 30.6. The van der Waals surface area contributed by atoms with E-state index < -0.39 is 97.7 Å². The molecule has 3 aliphatic rings. The maximum absolute atomic E-state index is 13.6. The van der Waals surface area contributed by atoms with E-state index in [-0.39, 0.29) is 28.0 Å². The van der Waals surface area contributed by atoms with Gasteiger partial charge in [0.05, 0.1) is 24.3 Å². The van der Waals surface area contributed by atoms with E-state index in [9.17, 15) is 55.5 Å². The number of aliphatic hydroxyl groups is 7. The van der Waals surface area contributed by atoms with Gasteiger partial charge < -0.3 is 64.9 Å². The number of aryl methyl sites for hydroxylation is 1. The predicted octanol–water partition coefficient (Wildman–Crippen LogP) is -2.82. The number of aliphatic hydroxyl groups excluding tert-OH is 7. The van der Waals surface area contributed by atoms with Gasteiger partial charge in [-0.05, 0) is 30.7 Å². The second-order valence-electron chi connectivity index (χ2n) is 10.4. The molecular formula is C27H30O15. The Bertz CT molecular complexity index is 1380. The standard InChI is InChI=1S/C27H30O15/c1-8-2-10-17(21(35)16-11(18(10)32)4-9(30)5-12(16)31)13(3-8)39-27-25(23(37)20(34)15(7-29)41-27)42-26-24(38)22(36)19(33)14(6-28)40-26/h2-5,14-15,19-20,22-31,33-34,36-38H,6-7H2,1H3. The van der Waals surface area contributed by atoms with Crippen molar-refractivity contribution in [1.82, 2.24) is 0 Å². The van der Waals surface area contributed by atoms with Crippen LogP contribution >= 0.6 is 0 Å². The second kappa shape index (κ2) is 11.5. The molecule has 15 nitrogen and oxygen atoms in total. The van der Waals surface area contributed by atoms with E-state index in [2.05, 4.69) is 0 Å². The maximum Gasteiger partial charge on any atom is 0.229 e. The fourth-order valence-corrected chi connectivity index (χ4v) is 5.31. The van der Waals surface area contributed by atoms with Crippen LogP contribution in [0.2, 0.25) is 0 Å². The van der Waals surface area contributed by atoms with E-state index in [0.29, 0.717) is 5.56 Å². The Labute approximate surface area is 237 Å². The molecule has 2 heterocycles. The van der Waals surface area contributed by atoms with Gasteiger partial charge in [0.25, 0.3) is 0 Å². The van der Waals surface area contributed by atoms with Gasteiger partial charge in [-0.3, -0.25) is 9.59 Å². The minimum Gasteiger partial charge on any atom is -0.508 e. The second-order valence-corrected chi connectivity index (χ2v) is 10.4. The fourth-order valence-electron chi connectivity index (χ4n) is 5.31. The van der Waals surface area contributed by atoms with Crippen molar-refractivity contribution in [3.8, 4) is 17.2 Å². The van der Waals surface area contributed by atoms with Crippen LogP contribution < -0.4 is 4.74 Å². The number of ketones is 2. The Kier molecular flexibility index (Phi) is 8.25. The highest BCUT2D eigenvalue weighted by Crippen LogP contribution is 2.41. The summed E-state index contributed by atoms with van der Waals surface area (Å²) in [6, 6.07) is 4.68. The van der Waals surface area contributed by atoms with Crippen molar-refractivity contribution in [3.63, 3.8) is 0 Å². The van der Waals surface area contributed by atoms with Gasteiger partial charge in [-0.2, -0.15) is 0 Å². The van der Waals surface area contributed by atoms with Crippen molar-refractivity contribution >= 4 is 11.6 Å². The van der Waals surface area contributed by atoms with Crippen LogP contribution in [-0.2, 0) is 14.2 Å². The third-order valence-electron chi connectivity index (χ3n) is 7.50. The SMILES string of the molecule is Cc1cc(OC2OC(CO)C(O)C(O)C2OC2OC(CO)C(O)C(O)C2O)c2c(c1)C(=O)c1cc(O)cc(O)c1C2=O. The summed E-state index contributed by atoms with van der Waals surface area (Å²) < 4.78 is 22.6. The first-order valence-corrected chi connectivity index (χ1v) is 12.9. The first kappa shape index (κ1) is 30.2. The molecule has 0 radical (unpaired) electrons. The highest BCUT2D eigenvalue weighted by Gasteiger charge is 2.51. The fraction of sp³-hybridized carbons (Fsp3) is 0.481. The van der Waals surface area contributed by atoms with Gasteiger partial charge in [0.2, 0.25) is 12.1 Å². The highest BCUT2D eigenvalue weighted by atomic mass is 16.8. The van der Waals surface area contributed by atoms with Crippen LogP contribution in [0.3, 0.4) is 0 Å². The molecule has 0 bridgehead atoms. The van der Waals surface area contributed by atoms with Crippen molar-refractivity contribution in [3.05, 3.63) is 52.1 Å². The first-order valence-electron chi connectivity index (χ1n) is 12.9. The van der Waals surface area contributed by atoms with Crippen LogP contribution in [0.25, 0.3) is 0 Å². The predicted molar refractivity (Wildman–Crippen MR) is 135 cm³/mol. The highest BCUT2D eigenvalue weighted by molar-refractivity contribution is 6.30. The number of hydrogen-bond donors (Lipinski definition) is 9. The minimum absolute atomic E-state index is 0.131. The number of carbonyl (C=O) groups is 2. The van der Waals surface area contributed by atoms with E-state index in [4.69, 9.17) is 18.9 Å². The average molecular weight is 595 g/mol. The molecule has 9 N–H and O–H groups in total. The van der Waals surface area contributed by atoms with Gasteiger partial charge in [0, 0.05) is 17.2 Å². The lowest BCUT2D eigenvalue weighted by molar-refractivity contribution is -0.357. The first-order chi connectivity index (χ1) is 19.9. The molecule has 10 unspecified atom stereocenters. The van der Waals surface area contributed by atoms with Crippen LogP contribution in [0, 0.1) is 6.92 Å². The molecule has 0 saturated carbocycles. The number of fused-ring (bicyclic) bond motifs is 2. The lowest BCUT2D eigenvalue weighted by Gasteiger charge is -2.46. The van der Waals surface area contributed by atoms with Crippen LogP contribution in [0.1, 0.15) is 37.4 Å². The smallest absolute Gasteiger partial charge is 0.229 e. The van der Waals surface area contributed by atoms with Crippen molar-refractivity contribution in [2.75, 3.05) is 13.2 Å². The normalized spacial score (nSPS) is 34.6. The Hall–Kier alpha value is -3.22. The van der Waals surface area contributed by atoms with E-state index in [1.54, 1.807) is 6.92 Å². The lowest BCUT2D eigenvalue weighted by atomic mass is 9.82. The molecule has 2 saturated heterocycles. The Balaban J connectivity index is 1.53. The molecule has 15 heteroatoms. The topological polar surface area (TPSA) is 253 Å². The van der Waals surface area contributed by atoms with E-state index in [0.717, 1.165) is 12.1 Å². The van der Waals surface area contributed by atoms with Crippen molar-refractivity contribution in [2.24, 2.45) is 0 Å². The van der Waals surface area contributed by atoms with Gasteiger partial charge >= 0.3 is 0 Å². The van der Waals surface area contributed by atoms with Gasteiger partial charge in [0.15, 0.2) is 18.2 Å². The number of phenolic OH excluding ortho intramolecular Hbond substituents is 2. The van der Waals surface area contributed by atoms with Crippen LogP contribution in [-0.4, -0.2) is 132 Å². The van der Waals surface area contributed by atoms with E-state index in [1.807, 2.05) is 0 Å². The molecule has 5 rings (SSSR count). The summed E-state index contributed by atoms with van der Waals surface area (Å²) in [5.41, 5.74) is -0.622. The summed E-state index contributed by atoms with van der Waals surface area (Å²) in [5, 5.41) is 91.5. The Morgan fingerprint density at radius 1 is 0.714 bits per heavy atom. The number of aromatic hydroxyl groups is 2. The minimum atomic E-state index is -1.90. The summed E-state index contributed by atoms with van der Waals surface area (Å²) in [7, 11) is 0. The largest absolute Gasteiger partial charge is 0.508 e. The number of benzene rings is 2. The third kappa shape index (κ3) is 5.03.